The quantitative estimate of drug-likeness (QED) is 0.326. The van der Waals surface area contributed by atoms with Crippen LogP contribution in [-0.4, -0.2) is 48.1 Å². The molecule has 1 aliphatic rings. The summed E-state index contributed by atoms with van der Waals surface area (Å²) in [6.45, 7) is 10.2. The van der Waals surface area contributed by atoms with Gasteiger partial charge in [0.05, 0.1) is 6.54 Å². The molecule has 0 radical (unpaired) electrons. The highest BCUT2D eigenvalue weighted by molar-refractivity contribution is 14.0. The summed E-state index contributed by atoms with van der Waals surface area (Å²) in [6, 6.07) is 0.415. The topological polar surface area (TPSA) is 52.6 Å². The third kappa shape index (κ3) is 7.72. The smallest absolute Gasteiger partial charge is 0.357 e. The minimum absolute atomic E-state index is 0. The molecule has 10 heteroatoms. The van der Waals surface area contributed by atoms with Gasteiger partial charge in [-0.25, -0.2) is 9.98 Å². The molecule has 0 aliphatic carbocycles. The van der Waals surface area contributed by atoms with Crippen molar-refractivity contribution in [3.05, 3.63) is 16.1 Å². The van der Waals surface area contributed by atoms with Crippen molar-refractivity contribution in [2.45, 2.75) is 52.4 Å². The van der Waals surface area contributed by atoms with Crippen LogP contribution in [0.5, 0.6) is 0 Å². The maximum Gasteiger partial charge on any atom is 0.434 e. The van der Waals surface area contributed by atoms with Crippen molar-refractivity contribution >= 4 is 41.3 Å². The fraction of sp³-hybridized carbons (Fsp3) is 0.765. The highest BCUT2D eigenvalue weighted by Crippen LogP contribution is 2.30. The maximum atomic E-state index is 12.6. The molecule has 2 N–H and O–H groups in total. The SMILES string of the molecule is CCNC(=NCc1nc(C(F)(F)F)cs1)NCC(C(C)C)N1CCCC1.I. The Morgan fingerprint density at radius 1 is 1.30 bits per heavy atom. The molecule has 1 aromatic rings. The summed E-state index contributed by atoms with van der Waals surface area (Å²) in [6.07, 6.45) is -1.92. The van der Waals surface area contributed by atoms with E-state index in [-0.39, 0.29) is 30.5 Å². The van der Waals surface area contributed by atoms with Crippen LogP contribution >= 0.6 is 35.3 Å². The van der Waals surface area contributed by atoms with E-state index in [1.807, 2.05) is 6.92 Å². The number of likely N-dealkylation sites (tertiary alicyclic amines) is 1. The van der Waals surface area contributed by atoms with Gasteiger partial charge in [0.15, 0.2) is 11.7 Å². The molecule has 1 aromatic heterocycles. The van der Waals surface area contributed by atoms with E-state index in [0.717, 1.165) is 36.4 Å². The molecule has 1 saturated heterocycles. The Bertz CT molecular complexity index is 585. The van der Waals surface area contributed by atoms with Crippen LogP contribution in [0, 0.1) is 5.92 Å². The Kier molecular flexibility index (Phi) is 10.3. The zero-order chi connectivity index (χ0) is 19.2. The Balaban J connectivity index is 0.00000364. The van der Waals surface area contributed by atoms with Gasteiger partial charge in [-0.05, 0) is 38.8 Å². The molecule has 1 unspecified atom stereocenters. The number of aromatic nitrogens is 1. The van der Waals surface area contributed by atoms with E-state index < -0.39 is 11.9 Å². The molecular weight excluding hydrogens is 490 g/mol. The van der Waals surface area contributed by atoms with Crippen LogP contribution in [0.3, 0.4) is 0 Å². The van der Waals surface area contributed by atoms with Crippen LogP contribution in [0.2, 0.25) is 0 Å². The van der Waals surface area contributed by atoms with E-state index in [1.165, 1.54) is 12.8 Å². The molecule has 0 saturated carbocycles. The molecular formula is C17H29F3IN5S. The highest BCUT2D eigenvalue weighted by Gasteiger charge is 2.33. The van der Waals surface area contributed by atoms with Crippen molar-refractivity contribution in [1.29, 1.82) is 0 Å². The first kappa shape index (κ1) is 24.4. The second-order valence-electron chi connectivity index (χ2n) is 6.75. The van der Waals surface area contributed by atoms with Gasteiger partial charge >= 0.3 is 6.18 Å². The molecule has 27 heavy (non-hydrogen) atoms. The van der Waals surface area contributed by atoms with Crippen molar-refractivity contribution in [2.24, 2.45) is 10.9 Å². The molecule has 0 bridgehead atoms. The third-order valence-corrected chi connectivity index (χ3v) is 5.25. The molecule has 0 amide bonds. The average molecular weight is 519 g/mol. The second kappa shape index (κ2) is 11.4. The average Bonchev–Trinajstić information content (AvgIpc) is 3.23. The number of nitrogens with zero attached hydrogens (tertiary/aromatic N) is 3. The standard InChI is InChI=1S/C17H28F3N5S.HI/c1-4-21-16(22-9-13(12(2)3)25-7-5-6-8-25)23-10-15-24-14(11-26-15)17(18,19)20;/h11-13H,4-10H2,1-3H3,(H2,21,22,23);1H. The van der Waals surface area contributed by atoms with E-state index in [9.17, 15) is 13.2 Å². The van der Waals surface area contributed by atoms with Crippen LogP contribution in [0.1, 0.15) is 44.3 Å². The maximum absolute atomic E-state index is 12.6. The number of halogens is 4. The normalized spacial score (nSPS) is 17.1. The fourth-order valence-electron chi connectivity index (χ4n) is 3.06. The molecule has 2 heterocycles. The molecule has 0 aromatic carbocycles. The number of nitrogens with one attached hydrogen (secondary N) is 2. The van der Waals surface area contributed by atoms with E-state index in [1.54, 1.807) is 0 Å². The fourth-order valence-corrected chi connectivity index (χ4v) is 3.79. The van der Waals surface area contributed by atoms with Crippen LogP contribution in [0.25, 0.3) is 0 Å². The molecule has 0 spiro atoms. The minimum Gasteiger partial charge on any atom is -0.357 e. The summed E-state index contributed by atoms with van der Waals surface area (Å²) in [7, 11) is 0. The Morgan fingerprint density at radius 3 is 2.48 bits per heavy atom. The first-order valence-electron chi connectivity index (χ1n) is 9.09. The van der Waals surface area contributed by atoms with Crippen molar-refractivity contribution < 1.29 is 13.2 Å². The third-order valence-electron chi connectivity index (χ3n) is 4.42. The van der Waals surface area contributed by atoms with Crippen molar-refractivity contribution in [2.75, 3.05) is 26.2 Å². The second-order valence-corrected chi connectivity index (χ2v) is 7.70. The number of hydrogen-bond acceptors (Lipinski definition) is 4. The lowest BCUT2D eigenvalue weighted by atomic mass is 10.0. The number of aliphatic imine (C=N–C) groups is 1. The summed E-state index contributed by atoms with van der Waals surface area (Å²) >= 11 is 0.984. The van der Waals surface area contributed by atoms with Crippen molar-refractivity contribution in [1.82, 2.24) is 20.5 Å². The van der Waals surface area contributed by atoms with Gasteiger partial charge in [-0.15, -0.1) is 35.3 Å². The monoisotopic (exact) mass is 519 g/mol. The van der Waals surface area contributed by atoms with Gasteiger partial charge in [0.25, 0.3) is 0 Å². The molecule has 1 aliphatic heterocycles. The number of thiazole rings is 1. The lowest BCUT2D eigenvalue weighted by Crippen LogP contribution is -2.48. The lowest BCUT2D eigenvalue weighted by molar-refractivity contribution is -0.140. The summed E-state index contributed by atoms with van der Waals surface area (Å²) in [5.41, 5.74) is -0.848. The molecule has 2 rings (SSSR count). The Labute approximate surface area is 180 Å². The molecule has 156 valence electrons. The first-order valence-corrected chi connectivity index (χ1v) is 9.97. The van der Waals surface area contributed by atoms with Gasteiger partial charge in [-0.3, -0.25) is 4.90 Å². The zero-order valence-electron chi connectivity index (χ0n) is 16.0. The minimum atomic E-state index is -4.40. The molecule has 1 fully saturated rings. The molecule has 1 atom stereocenters. The summed E-state index contributed by atoms with van der Waals surface area (Å²) in [4.78, 5) is 10.5. The van der Waals surface area contributed by atoms with Crippen LogP contribution in [0.15, 0.2) is 10.4 Å². The van der Waals surface area contributed by atoms with Gasteiger partial charge in [0.2, 0.25) is 0 Å². The van der Waals surface area contributed by atoms with Gasteiger partial charge in [0, 0.05) is 24.5 Å². The van der Waals surface area contributed by atoms with Crippen LogP contribution in [0.4, 0.5) is 13.2 Å². The summed E-state index contributed by atoms with van der Waals surface area (Å²) in [5.74, 6) is 1.12. The summed E-state index contributed by atoms with van der Waals surface area (Å²) < 4.78 is 37.9. The Hall–Kier alpha value is -0.620. The summed E-state index contributed by atoms with van der Waals surface area (Å²) in [5, 5.41) is 7.88. The van der Waals surface area contributed by atoms with Crippen molar-refractivity contribution in [3.8, 4) is 0 Å². The number of alkyl halides is 3. The van der Waals surface area contributed by atoms with Crippen LogP contribution < -0.4 is 10.6 Å². The van der Waals surface area contributed by atoms with Gasteiger partial charge in [-0.1, -0.05) is 13.8 Å². The lowest BCUT2D eigenvalue weighted by Gasteiger charge is -2.31. The number of guanidine groups is 1. The first-order chi connectivity index (χ1) is 12.3. The van der Waals surface area contributed by atoms with Gasteiger partial charge in [0.1, 0.15) is 5.01 Å². The van der Waals surface area contributed by atoms with Gasteiger partial charge < -0.3 is 10.6 Å². The predicted octanol–water partition coefficient (Wildman–Crippen LogP) is 3.96. The largest absolute Gasteiger partial charge is 0.434 e. The zero-order valence-corrected chi connectivity index (χ0v) is 19.1. The Morgan fingerprint density at radius 2 is 1.96 bits per heavy atom. The van der Waals surface area contributed by atoms with E-state index in [0.29, 0.717) is 29.5 Å². The van der Waals surface area contributed by atoms with E-state index in [2.05, 4.69) is 39.4 Å². The highest BCUT2D eigenvalue weighted by atomic mass is 127. The van der Waals surface area contributed by atoms with Crippen molar-refractivity contribution in [3.63, 3.8) is 0 Å². The predicted molar refractivity (Wildman–Crippen MR) is 115 cm³/mol. The van der Waals surface area contributed by atoms with Gasteiger partial charge in [-0.2, -0.15) is 13.2 Å². The number of hydrogen-bond donors (Lipinski definition) is 2. The van der Waals surface area contributed by atoms with Crippen LogP contribution in [-0.2, 0) is 12.7 Å². The molecule has 5 nitrogen and oxygen atoms in total. The van der Waals surface area contributed by atoms with E-state index in [4.69, 9.17) is 0 Å². The number of rotatable bonds is 7. The van der Waals surface area contributed by atoms with E-state index >= 15 is 0 Å².